The van der Waals surface area contributed by atoms with Gasteiger partial charge in [-0.05, 0) is 31.1 Å². The van der Waals surface area contributed by atoms with Gasteiger partial charge in [0.1, 0.15) is 0 Å². The molecule has 0 spiro atoms. The van der Waals surface area contributed by atoms with E-state index in [0.717, 1.165) is 18.4 Å². The maximum Gasteiger partial charge on any atom is 0.0625 e. The summed E-state index contributed by atoms with van der Waals surface area (Å²) in [5.74, 6) is 1.97. The average molecular weight is 196 g/mol. The van der Waals surface area contributed by atoms with E-state index in [-0.39, 0.29) is 0 Å². The van der Waals surface area contributed by atoms with Gasteiger partial charge in [0.2, 0.25) is 0 Å². The summed E-state index contributed by atoms with van der Waals surface area (Å²) in [6, 6.07) is 0. The van der Waals surface area contributed by atoms with Gasteiger partial charge in [0.05, 0.1) is 6.10 Å². The van der Waals surface area contributed by atoms with Crippen LogP contribution in [0.1, 0.15) is 58.3 Å². The van der Waals surface area contributed by atoms with E-state index in [2.05, 4.69) is 6.92 Å². The van der Waals surface area contributed by atoms with Gasteiger partial charge < -0.3 is 4.74 Å². The van der Waals surface area contributed by atoms with Crippen LogP contribution in [0.3, 0.4) is 0 Å². The lowest BCUT2D eigenvalue weighted by atomic mass is 9.76. The first-order chi connectivity index (χ1) is 6.90. The monoisotopic (exact) mass is 196 g/mol. The van der Waals surface area contributed by atoms with E-state index < -0.39 is 0 Å². The molecule has 0 amide bonds. The summed E-state index contributed by atoms with van der Waals surface area (Å²) >= 11 is 0. The fraction of sp³-hybridized carbons (Fsp3) is 1.00. The van der Waals surface area contributed by atoms with Crippen LogP contribution in [0.4, 0.5) is 0 Å². The number of hydrogen-bond acceptors (Lipinski definition) is 1. The number of rotatable bonds is 4. The lowest BCUT2D eigenvalue weighted by molar-refractivity contribution is -0.0948. The first-order valence-corrected chi connectivity index (χ1v) is 6.51. The number of ether oxygens (including phenoxy) is 1. The van der Waals surface area contributed by atoms with Crippen molar-refractivity contribution in [3.8, 4) is 0 Å². The molecule has 1 saturated heterocycles. The quantitative estimate of drug-likeness (QED) is 0.665. The Morgan fingerprint density at radius 3 is 2.29 bits per heavy atom. The first-order valence-electron chi connectivity index (χ1n) is 6.51. The van der Waals surface area contributed by atoms with Crippen LogP contribution in [-0.2, 0) is 4.74 Å². The fourth-order valence-corrected chi connectivity index (χ4v) is 2.97. The van der Waals surface area contributed by atoms with Crippen LogP contribution >= 0.6 is 0 Å². The molecule has 14 heavy (non-hydrogen) atoms. The largest absolute Gasteiger partial charge is 0.378 e. The van der Waals surface area contributed by atoms with Crippen molar-refractivity contribution in [3.63, 3.8) is 0 Å². The molecule has 0 bridgehead atoms. The van der Waals surface area contributed by atoms with Gasteiger partial charge in [0.25, 0.3) is 0 Å². The van der Waals surface area contributed by atoms with Gasteiger partial charge in [-0.25, -0.2) is 0 Å². The third-order valence-corrected chi connectivity index (χ3v) is 4.12. The molecule has 1 aliphatic carbocycles. The Morgan fingerprint density at radius 2 is 1.79 bits per heavy atom. The molecular weight excluding hydrogens is 172 g/mol. The molecular formula is C13H24O. The van der Waals surface area contributed by atoms with Crippen molar-refractivity contribution >= 4 is 0 Å². The molecule has 1 heterocycles. The Balaban J connectivity index is 1.64. The number of hydrogen-bond donors (Lipinski definition) is 0. The van der Waals surface area contributed by atoms with Gasteiger partial charge in [-0.2, -0.15) is 0 Å². The predicted octanol–water partition coefficient (Wildman–Crippen LogP) is 3.77. The van der Waals surface area contributed by atoms with Crippen molar-refractivity contribution in [3.05, 3.63) is 0 Å². The second-order valence-corrected chi connectivity index (χ2v) is 5.12. The number of unbranched alkanes of at least 4 members (excludes halogenated alkanes) is 1. The Hall–Kier alpha value is -0.0400. The van der Waals surface area contributed by atoms with Gasteiger partial charge in [0, 0.05) is 6.61 Å². The second kappa shape index (κ2) is 5.16. The normalized spacial score (nSPS) is 37.9. The lowest BCUT2D eigenvalue weighted by Crippen LogP contribution is -2.36. The van der Waals surface area contributed by atoms with Crippen molar-refractivity contribution < 1.29 is 4.74 Å². The van der Waals surface area contributed by atoms with Crippen LogP contribution in [0.25, 0.3) is 0 Å². The molecule has 1 saturated carbocycles. The summed E-state index contributed by atoms with van der Waals surface area (Å²) in [6.45, 7) is 3.33. The van der Waals surface area contributed by atoms with Crippen LogP contribution in [0.15, 0.2) is 0 Å². The molecule has 1 nitrogen and oxygen atoms in total. The fourth-order valence-electron chi connectivity index (χ4n) is 2.97. The standard InChI is InChI=1S/C13H24O/c1-2-3-4-11-5-7-12(8-6-11)13-9-10-14-13/h11-13H,2-10H2,1H3. The zero-order valence-corrected chi connectivity index (χ0v) is 9.50. The Morgan fingerprint density at radius 1 is 1.07 bits per heavy atom. The van der Waals surface area contributed by atoms with Crippen LogP contribution in [0, 0.1) is 11.8 Å². The van der Waals surface area contributed by atoms with Crippen molar-refractivity contribution in [2.75, 3.05) is 6.61 Å². The van der Waals surface area contributed by atoms with Gasteiger partial charge in [-0.15, -0.1) is 0 Å². The molecule has 1 aliphatic heterocycles. The highest BCUT2D eigenvalue weighted by Gasteiger charge is 2.31. The minimum absolute atomic E-state index is 0.655. The third-order valence-electron chi connectivity index (χ3n) is 4.12. The Bertz CT molecular complexity index is 155. The third kappa shape index (κ3) is 2.50. The summed E-state index contributed by atoms with van der Waals surface area (Å²) < 4.78 is 5.59. The lowest BCUT2D eigenvalue weighted by Gasteiger charge is -2.38. The van der Waals surface area contributed by atoms with E-state index in [1.165, 1.54) is 51.4 Å². The summed E-state index contributed by atoms with van der Waals surface area (Å²) in [6.07, 6.45) is 12.1. The predicted molar refractivity (Wildman–Crippen MR) is 59.3 cm³/mol. The van der Waals surface area contributed by atoms with Crippen LogP contribution in [0.2, 0.25) is 0 Å². The van der Waals surface area contributed by atoms with E-state index in [1.807, 2.05) is 0 Å². The molecule has 2 fully saturated rings. The smallest absolute Gasteiger partial charge is 0.0625 e. The summed E-state index contributed by atoms with van der Waals surface area (Å²) in [5.41, 5.74) is 0. The van der Waals surface area contributed by atoms with Gasteiger partial charge in [-0.1, -0.05) is 39.0 Å². The minimum Gasteiger partial charge on any atom is -0.378 e. The van der Waals surface area contributed by atoms with Crippen LogP contribution in [0.5, 0.6) is 0 Å². The molecule has 2 aliphatic rings. The maximum absolute atomic E-state index is 5.59. The van der Waals surface area contributed by atoms with E-state index in [4.69, 9.17) is 4.74 Å². The summed E-state index contributed by atoms with van der Waals surface area (Å²) in [7, 11) is 0. The van der Waals surface area contributed by atoms with Crippen molar-refractivity contribution in [1.29, 1.82) is 0 Å². The molecule has 82 valence electrons. The first kappa shape index (κ1) is 10.5. The van der Waals surface area contributed by atoms with Crippen molar-refractivity contribution in [1.82, 2.24) is 0 Å². The van der Waals surface area contributed by atoms with E-state index in [1.54, 1.807) is 0 Å². The van der Waals surface area contributed by atoms with Crippen LogP contribution in [-0.4, -0.2) is 12.7 Å². The molecule has 2 rings (SSSR count). The highest BCUT2D eigenvalue weighted by molar-refractivity contribution is 4.81. The van der Waals surface area contributed by atoms with E-state index >= 15 is 0 Å². The zero-order valence-electron chi connectivity index (χ0n) is 9.50. The van der Waals surface area contributed by atoms with Crippen molar-refractivity contribution in [2.24, 2.45) is 11.8 Å². The SMILES string of the molecule is CCCCC1CCC(C2CCO2)CC1. The Labute approximate surface area is 88.2 Å². The summed E-state index contributed by atoms with van der Waals surface area (Å²) in [5, 5.41) is 0. The van der Waals surface area contributed by atoms with Crippen LogP contribution < -0.4 is 0 Å². The van der Waals surface area contributed by atoms with E-state index in [0.29, 0.717) is 6.10 Å². The average Bonchev–Trinajstić information content (AvgIpc) is 2.14. The summed E-state index contributed by atoms with van der Waals surface area (Å²) in [4.78, 5) is 0. The molecule has 1 atom stereocenters. The molecule has 0 radical (unpaired) electrons. The van der Waals surface area contributed by atoms with Gasteiger partial charge in [-0.3, -0.25) is 0 Å². The molecule has 0 aromatic rings. The topological polar surface area (TPSA) is 9.23 Å². The molecule has 0 N–H and O–H groups in total. The van der Waals surface area contributed by atoms with Gasteiger partial charge >= 0.3 is 0 Å². The van der Waals surface area contributed by atoms with E-state index in [9.17, 15) is 0 Å². The zero-order chi connectivity index (χ0) is 9.80. The molecule has 0 aromatic carbocycles. The highest BCUT2D eigenvalue weighted by Crippen LogP contribution is 2.37. The van der Waals surface area contributed by atoms with Gasteiger partial charge in [0.15, 0.2) is 0 Å². The maximum atomic E-state index is 5.59. The molecule has 0 aromatic heterocycles. The highest BCUT2D eigenvalue weighted by atomic mass is 16.5. The minimum atomic E-state index is 0.655. The molecule has 1 unspecified atom stereocenters. The second-order valence-electron chi connectivity index (χ2n) is 5.12. The Kier molecular flexibility index (Phi) is 3.86. The molecule has 1 heteroatoms. The van der Waals surface area contributed by atoms with Crippen molar-refractivity contribution in [2.45, 2.75) is 64.4 Å².